The number of benzene rings is 1. The average Bonchev–Trinajstić information content (AvgIpc) is 2.30. The summed E-state index contributed by atoms with van der Waals surface area (Å²) in [6, 6.07) is 5.10. The standard InChI is InChI=1S/C13H18ClFN2/c1-2-13(17-5-3-16-4-6-17)10-7-11(14)9-12(15)8-10/h7-9,13,16H,2-6H2,1H3/t13-/m0/s1. The van der Waals surface area contributed by atoms with Crippen LogP contribution in [0.25, 0.3) is 0 Å². The minimum atomic E-state index is -0.249. The van der Waals surface area contributed by atoms with Crippen LogP contribution in [0.5, 0.6) is 0 Å². The summed E-state index contributed by atoms with van der Waals surface area (Å²) in [6.45, 7) is 6.14. The summed E-state index contributed by atoms with van der Waals surface area (Å²) in [5.74, 6) is -0.249. The zero-order valence-corrected chi connectivity index (χ0v) is 10.8. The molecule has 2 rings (SSSR count). The molecule has 1 aliphatic rings. The molecule has 1 heterocycles. The number of rotatable bonds is 3. The van der Waals surface area contributed by atoms with Gasteiger partial charge in [-0.1, -0.05) is 18.5 Å². The number of piperazine rings is 1. The van der Waals surface area contributed by atoms with Crippen molar-refractivity contribution in [3.63, 3.8) is 0 Å². The van der Waals surface area contributed by atoms with E-state index in [9.17, 15) is 4.39 Å². The Labute approximate surface area is 107 Å². The molecule has 0 saturated carbocycles. The largest absolute Gasteiger partial charge is 0.314 e. The van der Waals surface area contributed by atoms with Gasteiger partial charge in [0.05, 0.1) is 0 Å². The predicted molar refractivity (Wildman–Crippen MR) is 68.9 cm³/mol. The quantitative estimate of drug-likeness (QED) is 0.895. The molecule has 1 aliphatic heterocycles. The lowest BCUT2D eigenvalue weighted by atomic mass is 10.0. The molecule has 4 heteroatoms. The van der Waals surface area contributed by atoms with Gasteiger partial charge in [-0.15, -0.1) is 0 Å². The molecule has 1 N–H and O–H groups in total. The minimum Gasteiger partial charge on any atom is -0.314 e. The molecular formula is C13H18ClFN2. The molecule has 0 bridgehead atoms. The van der Waals surface area contributed by atoms with E-state index in [1.807, 2.05) is 6.07 Å². The summed E-state index contributed by atoms with van der Waals surface area (Å²) in [7, 11) is 0. The van der Waals surface area contributed by atoms with Crippen LogP contribution in [0.4, 0.5) is 4.39 Å². The summed E-state index contributed by atoms with van der Waals surface area (Å²) >= 11 is 5.92. The van der Waals surface area contributed by atoms with Gasteiger partial charge >= 0.3 is 0 Å². The molecule has 1 aromatic carbocycles. The normalized spacial score (nSPS) is 19.2. The van der Waals surface area contributed by atoms with Crippen molar-refractivity contribution in [2.75, 3.05) is 26.2 Å². The Morgan fingerprint density at radius 3 is 2.65 bits per heavy atom. The van der Waals surface area contributed by atoms with Crippen LogP contribution in [0.3, 0.4) is 0 Å². The maximum absolute atomic E-state index is 13.4. The van der Waals surface area contributed by atoms with Crippen LogP contribution in [0, 0.1) is 5.82 Å². The Morgan fingerprint density at radius 1 is 1.35 bits per heavy atom. The number of hydrogen-bond donors (Lipinski definition) is 1. The molecule has 1 atom stereocenters. The van der Waals surface area contributed by atoms with Crippen molar-refractivity contribution in [2.45, 2.75) is 19.4 Å². The molecule has 2 nitrogen and oxygen atoms in total. The molecule has 0 aromatic heterocycles. The lowest BCUT2D eigenvalue weighted by Crippen LogP contribution is -2.45. The van der Waals surface area contributed by atoms with Crippen LogP contribution in [-0.4, -0.2) is 31.1 Å². The van der Waals surface area contributed by atoms with Gasteiger partial charge in [-0.25, -0.2) is 4.39 Å². The van der Waals surface area contributed by atoms with E-state index in [4.69, 9.17) is 11.6 Å². The number of nitrogens with zero attached hydrogens (tertiary/aromatic N) is 1. The first-order valence-electron chi connectivity index (χ1n) is 6.11. The molecule has 0 radical (unpaired) electrons. The van der Waals surface area contributed by atoms with Gasteiger partial charge in [0.25, 0.3) is 0 Å². The smallest absolute Gasteiger partial charge is 0.125 e. The second-order valence-electron chi connectivity index (χ2n) is 4.41. The second kappa shape index (κ2) is 5.80. The maximum atomic E-state index is 13.4. The number of nitrogens with one attached hydrogen (secondary N) is 1. The van der Waals surface area contributed by atoms with Gasteiger partial charge in [0.15, 0.2) is 0 Å². The molecule has 1 aromatic rings. The Hall–Kier alpha value is -0.640. The van der Waals surface area contributed by atoms with E-state index in [1.165, 1.54) is 6.07 Å². The van der Waals surface area contributed by atoms with E-state index >= 15 is 0 Å². The molecular weight excluding hydrogens is 239 g/mol. The third kappa shape index (κ3) is 3.18. The monoisotopic (exact) mass is 256 g/mol. The van der Waals surface area contributed by atoms with Gasteiger partial charge in [-0.2, -0.15) is 0 Å². The summed E-state index contributed by atoms with van der Waals surface area (Å²) in [5, 5.41) is 3.81. The van der Waals surface area contributed by atoms with E-state index in [0.717, 1.165) is 38.2 Å². The van der Waals surface area contributed by atoms with E-state index < -0.39 is 0 Å². The van der Waals surface area contributed by atoms with E-state index in [-0.39, 0.29) is 11.9 Å². The fourth-order valence-electron chi connectivity index (χ4n) is 2.47. The fraction of sp³-hybridized carbons (Fsp3) is 0.538. The van der Waals surface area contributed by atoms with Gasteiger partial charge in [-0.3, -0.25) is 4.90 Å². The van der Waals surface area contributed by atoms with Crippen molar-refractivity contribution in [1.29, 1.82) is 0 Å². The Morgan fingerprint density at radius 2 is 2.06 bits per heavy atom. The minimum absolute atomic E-state index is 0.249. The summed E-state index contributed by atoms with van der Waals surface area (Å²) in [5.41, 5.74) is 0.986. The van der Waals surface area contributed by atoms with Gasteiger partial charge in [0.1, 0.15) is 5.82 Å². The van der Waals surface area contributed by atoms with Crippen molar-refractivity contribution < 1.29 is 4.39 Å². The predicted octanol–water partition coefficient (Wildman–Crippen LogP) is 2.84. The zero-order valence-electron chi connectivity index (χ0n) is 10.0. The first kappa shape index (κ1) is 12.8. The van der Waals surface area contributed by atoms with Crippen LogP contribution in [0.2, 0.25) is 5.02 Å². The zero-order chi connectivity index (χ0) is 12.3. The van der Waals surface area contributed by atoms with Crippen molar-refractivity contribution in [2.24, 2.45) is 0 Å². The summed E-state index contributed by atoms with van der Waals surface area (Å²) in [6.07, 6.45) is 0.972. The van der Waals surface area contributed by atoms with Crippen LogP contribution in [0.15, 0.2) is 18.2 Å². The SMILES string of the molecule is CC[C@@H](c1cc(F)cc(Cl)c1)N1CCNCC1. The van der Waals surface area contributed by atoms with Crippen LogP contribution in [0.1, 0.15) is 24.9 Å². The highest BCUT2D eigenvalue weighted by molar-refractivity contribution is 6.30. The second-order valence-corrected chi connectivity index (χ2v) is 4.85. The average molecular weight is 257 g/mol. The molecule has 94 valence electrons. The van der Waals surface area contributed by atoms with Crippen molar-refractivity contribution in [3.8, 4) is 0 Å². The first-order chi connectivity index (χ1) is 8.20. The van der Waals surface area contributed by atoms with Crippen LogP contribution < -0.4 is 5.32 Å². The topological polar surface area (TPSA) is 15.3 Å². The lowest BCUT2D eigenvalue weighted by Gasteiger charge is -2.34. The van der Waals surface area contributed by atoms with Gasteiger partial charge in [0.2, 0.25) is 0 Å². The Kier molecular flexibility index (Phi) is 4.37. The van der Waals surface area contributed by atoms with E-state index in [0.29, 0.717) is 5.02 Å². The maximum Gasteiger partial charge on any atom is 0.125 e. The van der Waals surface area contributed by atoms with Crippen LogP contribution >= 0.6 is 11.6 Å². The van der Waals surface area contributed by atoms with Crippen LogP contribution in [-0.2, 0) is 0 Å². The number of hydrogen-bond acceptors (Lipinski definition) is 2. The third-order valence-electron chi connectivity index (χ3n) is 3.25. The lowest BCUT2D eigenvalue weighted by molar-refractivity contribution is 0.169. The van der Waals surface area contributed by atoms with Gasteiger partial charge in [0, 0.05) is 37.2 Å². The highest BCUT2D eigenvalue weighted by Gasteiger charge is 2.21. The van der Waals surface area contributed by atoms with Crippen molar-refractivity contribution in [1.82, 2.24) is 10.2 Å². The summed E-state index contributed by atoms with van der Waals surface area (Å²) in [4.78, 5) is 2.39. The third-order valence-corrected chi connectivity index (χ3v) is 3.47. The van der Waals surface area contributed by atoms with Gasteiger partial charge in [-0.05, 0) is 30.2 Å². The van der Waals surface area contributed by atoms with Gasteiger partial charge < -0.3 is 5.32 Å². The molecule has 17 heavy (non-hydrogen) atoms. The summed E-state index contributed by atoms with van der Waals surface area (Å²) < 4.78 is 13.4. The van der Waals surface area contributed by atoms with Crippen molar-refractivity contribution in [3.05, 3.63) is 34.6 Å². The van der Waals surface area contributed by atoms with E-state index in [2.05, 4.69) is 17.1 Å². The first-order valence-corrected chi connectivity index (χ1v) is 6.49. The molecule has 1 fully saturated rings. The van der Waals surface area contributed by atoms with Crippen molar-refractivity contribution >= 4 is 11.6 Å². The molecule has 0 spiro atoms. The fourth-order valence-corrected chi connectivity index (χ4v) is 2.70. The van der Waals surface area contributed by atoms with E-state index in [1.54, 1.807) is 6.07 Å². The molecule has 0 aliphatic carbocycles. The Balaban J connectivity index is 2.21. The number of halogens is 2. The Bertz CT molecular complexity index is 357. The highest BCUT2D eigenvalue weighted by atomic mass is 35.5. The molecule has 1 saturated heterocycles. The molecule has 0 unspecified atom stereocenters. The molecule has 0 amide bonds. The highest BCUT2D eigenvalue weighted by Crippen LogP contribution is 2.27.